The van der Waals surface area contributed by atoms with E-state index in [0.29, 0.717) is 0 Å². The minimum Gasteiger partial charge on any atom is -0.473 e. The molecule has 3 rings (SSSR count). The highest BCUT2D eigenvalue weighted by atomic mass is 19.3. The molecule has 0 bridgehead atoms. The zero-order valence-electron chi connectivity index (χ0n) is 9.53. The molecule has 1 aromatic carbocycles. The Morgan fingerprint density at radius 1 is 1.29 bits per heavy atom. The maximum atomic E-state index is 13.3. The summed E-state index contributed by atoms with van der Waals surface area (Å²) < 4.78 is 36.1. The topological polar surface area (TPSA) is 18.5 Å². The van der Waals surface area contributed by atoms with E-state index in [1.165, 1.54) is 0 Å². The summed E-state index contributed by atoms with van der Waals surface area (Å²) in [6.45, 7) is 1.68. The molecule has 1 aliphatic heterocycles. The smallest absolute Gasteiger partial charge is 0.473 e. The van der Waals surface area contributed by atoms with E-state index in [9.17, 15) is 8.63 Å². The fourth-order valence-electron chi connectivity index (χ4n) is 2.72. The number of halogens is 2. The van der Waals surface area contributed by atoms with E-state index in [1.54, 1.807) is 6.92 Å². The summed E-state index contributed by atoms with van der Waals surface area (Å²) in [7, 11) is -4.15. The molecule has 17 heavy (non-hydrogen) atoms. The molecule has 2 atom stereocenters. The first-order chi connectivity index (χ1) is 8.07. The van der Waals surface area contributed by atoms with E-state index in [2.05, 4.69) is 4.65 Å². The van der Waals surface area contributed by atoms with Crippen LogP contribution in [-0.2, 0) is 15.7 Å². The van der Waals surface area contributed by atoms with Gasteiger partial charge in [-0.05, 0) is 5.56 Å². The van der Waals surface area contributed by atoms with Crippen molar-refractivity contribution in [3.63, 3.8) is 0 Å². The standard InChI is InChI=1S/C12H13BF2O2/c1-8-10-7-6-9-4-2-3-5-11(9)12(10)17-13(14,15)16-8/h2-5,8,12H,6-7H2,1H3. The number of hydrogen-bond acceptors (Lipinski definition) is 2. The van der Waals surface area contributed by atoms with E-state index in [-0.39, 0.29) is 0 Å². The van der Waals surface area contributed by atoms with Gasteiger partial charge in [-0.15, -0.1) is 0 Å². The molecule has 2 aliphatic rings. The predicted molar refractivity (Wildman–Crippen MR) is 60.3 cm³/mol. The number of rotatable bonds is 0. The Hall–Kier alpha value is -1.07. The van der Waals surface area contributed by atoms with Crippen LogP contribution in [0.4, 0.5) is 8.63 Å². The summed E-state index contributed by atoms with van der Waals surface area (Å²) in [5.41, 5.74) is 1.97. The van der Waals surface area contributed by atoms with Crippen LogP contribution in [0.2, 0.25) is 0 Å². The normalized spacial score (nSPS) is 30.6. The van der Waals surface area contributed by atoms with Crippen LogP contribution in [-0.4, -0.2) is 13.2 Å². The van der Waals surface area contributed by atoms with E-state index in [0.717, 1.165) is 29.9 Å². The lowest BCUT2D eigenvalue weighted by atomic mass is 9.76. The van der Waals surface area contributed by atoms with E-state index < -0.39 is 19.3 Å². The lowest BCUT2D eigenvalue weighted by Gasteiger charge is -2.41. The summed E-state index contributed by atoms with van der Waals surface area (Å²) in [6.07, 6.45) is 0.503. The van der Waals surface area contributed by atoms with Crippen molar-refractivity contribution in [1.29, 1.82) is 0 Å². The van der Waals surface area contributed by atoms with Crippen molar-refractivity contribution >= 4 is 7.11 Å². The quantitative estimate of drug-likeness (QED) is 0.510. The van der Waals surface area contributed by atoms with Crippen LogP contribution in [0.3, 0.4) is 0 Å². The van der Waals surface area contributed by atoms with Gasteiger partial charge in [0, 0.05) is 18.9 Å². The average molecular weight is 238 g/mol. The molecular weight excluding hydrogens is 225 g/mol. The monoisotopic (exact) mass is 238 g/mol. The van der Waals surface area contributed by atoms with Gasteiger partial charge in [-0.2, -0.15) is 0 Å². The fraction of sp³-hybridized carbons (Fsp3) is 0.417. The van der Waals surface area contributed by atoms with E-state index in [1.807, 2.05) is 24.3 Å². The van der Waals surface area contributed by atoms with Crippen molar-refractivity contribution < 1.29 is 17.9 Å². The van der Waals surface area contributed by atoms with Gasteiger partial charge in [0.1, 0.15) is 5.92 Å². The first kappa shape index (κ1) is 11.0. The molecule has 0 radical (unpaired) electrons. The molecule has 5 heteroatoms. The summed E-state index contributed by atoms with van der Waals surface area (Å²) in [4.78, 5) is 0. The second-order valence-electron chi connectivity index (χ2n) is 4.60. The number of aryl methyl sites for hydroxylation is 1. The fourth-order valence-corrected chi connectivity index (χ4v) is 2.72. The average Bonchev–Trinajstić information content (AvgIpc) is 2.27. The van der Waals surface area contributed by atoms with Crippen LogP contribution in [0.1, 0.15) is 30.6 Å². The molecule has 0 aromatic heterocycles. The van der Waals surface area contributed by atoms with Gasteiger partial charge in [-0.25, -0.2) is 0 Å². The molecule has 2 nitrogen and oxygen atoms in total. The predicted octanol–water partition coefficient (Wildman–Crippen LogP) is 3.06. The van der Waals surface area contributed by atoms with Crippen molar-refractivity contribution in [2.75, 3.05) is 0 Å². The van der Waals surface area contributed by atoms with Gasteiger partial charge in [0.15, 0.2) is 12.2 Å². The zero-order chi connectivity index (χ0) is 12.0. The molecular formula is C12H13BF2O2. The molecule has 1 saturated heterocycles. The molecule has 0 N–H and O–H groups in total. The van der Waals surface area contributed by atoms with E-state index in [4.69, 9.17) is 4.65 Å². The van der Waals surface area contributed by atoms with Gasteiger partial charge in [-0.1, -0.05) is 24.3 Å². The van der Waals surface area contributed by atoms with Gasteiger partial charge < -0.3 is 17.9 Å². The van der Waals surface area contributed by atoms with Gasteiger partial charge in [0.25, 0.3) is 0 Å². The molecule has 90 valence electrons. The number of fused-ring (bicyclic) bond motifs is 3. The number of benzene rings is 1. The molecule has 0 spiro atoms. The highest BCUT2D eigenvalue weighted by Gasteiger charge is 2.53. The Labute approximate surface area is 99.0 Å². The minimum absolute atomic E-state index is 0.530. The zero-order valence-corrected chi connectivity index (χ0v) is 9.53. The molecule has 1 aliphatic carbocycles. The summed E-state index contributed by atoms with van der Waals surface area (Å²) in [5, 5.41) is 0. The Morgan fingerprint density at radius 2 is 2.06 bits per heavy atom. The van der Waals surface area contributed by atoms with Crippen molar-refractivity contribution in [1.82, 2.24) is 0 Å². The number of hydrogen-bond donors (Lipinski definition) is 0. The Bertz CT molecular complexity index is 438. The Balaban J connectivity index is 2.00. The van der Waals surface area contributed by atoms with E-state index >= 15 is 0 Å². The van der Waals surface area contributed by atoms with Crippen LogP contribution in [0.15, 0.2) is 24.3 Å². The van der Waals surface area contributed by atoms with Crippen LogP contribution >= 0.6 is 0 Å². The highest BCUT2D eigenvalue weighted by Crippen LogP contribution is 2.46. The first-order valence-electron chi connectivity index (χ1n) is 5.86. The SMILES string of the molecule is CC1O[B-](F)(F)OC2c3ccccc3CC[C+]12. The third kappa shape index (κ3) is 1.83. The van der Waals surface area contributed by atoms with Crippen molar-refractivity contribution in [2.45, 2.75) is 32.0 Å². The van der Waals surface area contributed by atoms with Gasteiger partial charge in [0.2, 0.25) is 0 Å². The molecule has 0 amide bonds. The lowest BCUT2D eigenvalue weighted by Crippen LogP contribution is -2.48. The van der Waals surface area contributed by atoms with Crippen molar-refractivity contribution in [3.8, 4) is 0 Å². The highest BCUT2D eigenvalue weighted by molar-refractivity contribution is 6.52. The van der Waals surface area contributed by atoms with Gasteiger partial charge in [-0.3, -0.25) is 0 Å². The summed E-state index contributed by atoms with van der Waals surface area (Å²) >= 11 is 0. The van der Waals surface area contributed by atoms with Crippen LogP contribution in [0, 0.1) is 5.92 Å². The van der Waals surface area contributed by atoms with Crippen LogP contribution < -0.4 is 0 Å². The first-order valence-corrected chi connectivity index (χ1v) is 5.86. The molecule has 0 saturated carbocycles. The third-order valence-corrected chi connectivity index (χ3v) is 3.54. The summed E-state index contributed by atoms with van der Waals surface area (Å²) in [5.74, 6) is 0.927. The summed E-state index contributed by atoms with van der Waals surface area (Å²) in [6, 6.07) is 7.62. The van der Waals surface area contributed by atoms with Crippen molar-refractivity contribution in [3.05, 3.63) is 41.3 Å². The Kier molecular flexibility index (Phi) is 2.42. The third-order valence-electron chi connectivity index (χ3n) is 3.54. The van der Waals surface area contributed by atoms with Gasteiger partial charge >= 0.3 is 7.11 Å². The largest absolute Gasteiger partial charge is 0.608 e. The minimum atomic E-state index is -4.15. The Morgan fingerprint density at radius 3 is 2.88 bits per heavy atom. The lowest BCUT2D eigenvalue weighted by molar-refractivity contribution is -0.0323. The molecule has 2 unspecified atom stereocenters. The van der Waals surface area contributed by atoms with Crippen molar-refractivity contribution in [2.24, 2.45) is 0 Å². The molecule has 1 aromatic rings. The molecule has 1 fully saturated rings. The van der Waals surface area contributed by atoms with Crippen LogP contribution in [0.25, 0.3) is 0 Å². The maximum Gasteiger partial charge on any atom is 0.608 e. The van der Waals surface area contributed by atoms with Crippen LogP contribution in [0.5, 0.6) is 0 Å². The maximum absolute atomic E-state index is 13.3. The second-order valence-corrected chi connectivity index (χ2v) is 4.60. The second kappa shape index (κ2) is 3.72. The molecule has 1 heterocycles. The van der Waals surface area contributed by atoms with Gasteiger partial charge in [0.05, 0.1) is 6.42 Å².